The Morgan fingerprint density at radius 2 is 2.16 bits per heavy atom. The summed E-state index contributed by atoms with van der Waals surface area (Å²) in [6.07, 6.45) is 6.59. The number of hydrogen-bond acceptors (Lipinski definition) is 5. The Bertz CT molecular complexity index is 560. The van der Waals surface area contributed by atoms with E-state index < -0.39 is 0 Å². The van der Waals surface area contributed by atoms with Crippen molar-refractivity contribution in [1.29, 1.82) is 0 Å². The summed E-state index contributed by atoms with van der Waals surface area (Å²) in [5.41, 5.74) is 1.05. The van der Waals surface area contributed by atoms with Crippen LogP contribution in [-0.2, 0) is 13.5 Å². The molecule has 1 aliphatic rings. The summed E-state index contributed by atoms with van der Waals surface area (Å²) in [4.78, 5) is 12.9. The molecule has 0 aromatic carbocycles. The van der Waals surface area contributed by atoms with Gasteiger partial charge >= 0.3 is 0 Å². The van der Waals surface area contributed by atoms with Gasteiger partial charge in [0.2, 0.25) is 0 Å². The Hall–Kier alpha value is -1.98. The largest absolute Gasteiger partial charge is 0.360 e. The molecule has 1 atom stereocenters. The van der Waals surface area contributed by atoms with Gasteiger partial charge in [0.25, 0.3) is 0 Å². The Balaban J connectivity index is 1.84. The predicted octanol–water partition coefficient (Wildman–Crippen LogP) is 1.73. The number of rotatable bonds is 5. The summed E-state index contributed by atoms with van der Waals surface area (Å²) in [6, 6.07) is 2.19. The molecule has 100 valence electrons. The zero-order valence-electron chi connectivity index (χ0n) is 11.2. The Morgan fingerprint density at radius 1 is 1.32 bits per heavy atom. The van der Waals surface area contributed by atoms with Crippen molar-refractivity contribution in [3.63, 3.8) is 0 Å². The Labute approximate surface area is 112 Å². The van der Waals surface area contributed by atoms with Crippen LogP contribution in [-0.4, -0.2) is 24.7 Å². The third-order valence-electron chi connectivity index (χ3n) is 3.51. The molecule has 0 amide bonds. The fraction of sp³-hybridized carbons (Fsp3) is 0.538. The molecular formula is C13H18N6. The molecule has 1 fully saturated rings. The van der Waals surface area contributed by atoms with Crippen LogP contribution in [0.1, 0.15) is 37.3 Å². The van der Waals surface area contributed by atoms with Crippen molar-refractivity contribution in [2.24, 2.45) is 13.0 Å². The minimum Gasteiger partial charge on any atom is -0.360 e. The molecular weight excluding hydrogens is 240 g/mol. The van der Waals surface area contributed by atoms with Crippen molar-refractivity contribution in [3.05, 3.63) is 30.2 Å². The Kier molecular flexibility index (Phi) is 3.15. The Morgan fingerprint density at radius 3 is 2.79 bits per heavy atom. The van der Waals surface area contributed by atoms with E-state index in [2.05, 4.69) is 32.3 Å². The lowest BCUT2D eigenvalue weighted by atomic mass is 10.1. The maximum absolute atomic E-state index is 4.36. The highest BCUT2D eigenvalue weighted by Crippen LogP contribution is 2.41. The zero-order chi connectivity index (χ0) is 13.2. The van der Waals surface area contributed by atoms with Crippen molar-refractivity contribution in [2.75, 3.05) is 5.32 Å². The second kappa shape index (κ2) is 4.95. The molecule has 2 aromatic heterocycles. The van der Waals surface area contributed by atoms with Crippen molar-refractivity contribution in [2.45, 2.75) is 32.2 Å². The van der Waals surface area contributed by atoms with E-state index in [4.69, 9.17) is 0 Å². The third-order valence-corrected chi connectivity index (χ3v) is 3.51. The molecule has 0 spiro atoms. The van der Waals surface area contributed by atoms with E-state index in [9.17, 15) is 0 Å². The summed E-state index contributed by atoms with van der Waals surface area (Å²) in [5.74, 6) is 2.47. The van der Waals surface area contributed by atoms with Crippen LogP contribution in [0, 0.1) is 5.92 Å². The molecule has 0 bridgehead atoms. The normalized spacial score (nSPS) is 16.3. The monoisotopic (exact) mass is 258 g/mol. The number of nitrogens with one attached hydrogen (secondary N) is 1. The molecule has 6 nitrogen and oxygen atoms in total. The van der Waals surface area contributed by atoms with Crippen molar-refractivity contribution in [1.82, 2.24) is 24.7 Å². The molecule has 6 heteroatoms. The number of hydrogen-bond donors (Lipinski definition) is 1. The van der Waals surface area contributed by atoms with Crippen molar-refractivity contribution in [3.8, 4) is 0 Å². The second-order valence-corrected chi connectivity index (χ2v) is 4.95. The second-order valence-electron chi connectivity index (χ2n) is 4.95. The van der Waals surface area contributed by atoms with Gasteiger partial charge in [-0.2, -0.15) is 5.10 Å². The van der Waals surface area contributed by atoms with E-state index >= 15 is 0 Å². The highest BCUT2D eigenvalue weighted by Gasteiger charge is 2.35. The summed E-state index contributed by atoms with van der Waals surface area (Å²) >= 11 is 0. The number of nitrogens with zero attached hydrogens (tertiary/aromatic N) is 5. The fourth-order valence-corrected chi connectivity index (χ4v) is 2.24. The topological polar surface area (TPSA) is 68.5 Å². The SMILES string of the molecule is CCc1cc(N[C@H](c2ncnn2C)C2CC2)ncn1. The average molecular weight is 258 g/mol. The van der Waals surface area contributed by atoms with E-state index in [1.54, 1.807) is 12.7 Å². The first kappa shape index (κ1) is 12.1. The van der Waals surface area contributed by atoms with Crippen LogP contribution in [0.2, 0.25) is 0 Å². The molecule has 0 aliphatic heterocycles. The molecule has 0 radical (unpaired) electrons. The smallest absolute Gasteiger partial charge is 0.149 e. The lowest BCUT2D eigenvalue weighted by molar-refractivity contribution is 0.580. The van der Waals surface area contributed by atoms with Gasteiger partial charge in [0.15, 0.2) is 0 Å². The molecule has 1 saturated carbocycles. The van der Waals surface area contributed by atoms with E-state index in [0.29, 0.717) is 5.92 Å². The predicted molar refractivity (Wildman–Crippen MR) is 71.5 cm³/mol. The van der Waals surface area contributed by atoms with Crippen LogP contribution in [0.15, 0.2) is 18.7 Å². The standard InChI is InChI=1S/C13H18N6/c1-3-10-6-11(15-7-14-10)18-12(9-4-5-9)13-16-8-17-19(13)2/h6-9,12H,3-5H2,1-2H3,(H,14,15,18)/t12-/m0/s1. The van der Waals surface area contributed by atoms with Gasteiger partial charge in [-0.25, -0.2) is 15.0 Å². The molecule has 0 unspecified atom stereocenters. The molecule has 3 rings (SSSR count). The highest BCUT2D eigenvalue weighted by molar-refractivity contribution is 5.37. The number of aromatic nitrogens is 5. The van der Waals surface area contributed by atoms with Crippen LogP contribution in [0.5, 0.6) is 0 Å². The van der Waals surface area contributed by atoms with E-state index in [1.165, 1.54) is 12.8 Å². The minimum absolute atomic E-state index is 0.187. The quantitative estimate of drug-likeness (QED) is 0.884. The maximum atomic E-state index is 4.36. The van der Waals surface area contributed by atoms with E-state index in [0.717, 1.165) is 23.8 Å². The average Bonchev–Trinajstić information content (AvgIpc) is 3.19. The van der Waals surface area contributed by atoms with E-state index in [-0.39, 0.29) is 6.04 Å². The summed E-state index contributed by atoms with van der Waals surface area (Å²) in [5, 5.41) is 7.64. The minimum atomic E-state index is 0.187. The van der Waals surface area contributed by atoms with Gasteiger partial charge in [0.1, 0.15) is 24.3 Å². The first-order valence-corrected chi connectivity index (χ1v) is 6.69. The lowest BCUT2D eigenvalue weighted by Gasteiger charge is -2.18. The molecule has 2 aromatic rings. The van der Waals surface area contributed by atoms with Crippen LogP contribution in [0.4, 0.5) is 5.82 Å². The lowest BCUT2D eigenvalue weighted by Crippen LogP contribution is -2.18. The molecule has 1 aliphatic carbocycles. The van der Waals surface area contributed by atoms with Crippen LogP contribution in [0.25, 0.3) is 0 Å². The van der Waals surface area contributed by atoms with Gasteiger partial charge in [-0.3, -0.25) is 4.68 Å². The molecule has 2 heterocycles. The number of aryl methyl sites for hydroxylation is 2. The van der Waals surface area contributed by atoms with Crippen LogP contribution in [0.3, 0.4) is 0 Å². The van der Waals surface area contributed by atoms with Gasteiger partial charge in [-0.05, 0) is 25.2 Å². The first-order chi connectivity index (χ1) is 9.28. The van der Waals surface area contributed by atoms with Gasteiger partial charge < -0.3 is 5.32 Å². The highest BCUT2D eigenvalue weighted by atomic mass is 15.3. The summed E-state index contributed by atoms with van der Waals surface area (Å²) in [6.45, 7) is 2.09. The van der Waals surface area contributed by atoms with Crippen molar-refractivity contribution >= 4 is 5.82 Å². The zero-order valence-corrected chi connectivity index (χ0v) is 11.2. The third kappa shape index (κ3) is 2.57. The van der Waals surface area contributed by atoms with E-state index in [1.807, 2.05) is 17.8 Å². The first-order valence-electron chi connectivity index (χ1n) is 6.69. The number of anilines is 1. The molecule has 1 N–H and O–H groups in total. The van der Waals surface area contributed by atoms with Crippen LogP contribution >= 0.6 is 0 Å². The van der Waals surface area contributed by atoms with Gasteiger partial charge in [-0.1, -0.05) is 6.92 Å². The van der Waals surface area contributed by atoms with Crippen LogP contribution < -0.4 is 5.32 Å². The fourth-order valence-electron chi connectivity index (χ4n) is 2.24. The van der Waals surface area contributed by atoms with Crippen molar-refractivity contribution < 1.29 is 0 Å². The maximum Gasteiger partial charge on any atom is 0.149 e. The van der Waals surface area contributed by atoms with Gasteiger partial charge in [0, 0.05) is 18.8 Å². The molecule has 19 heavy (non-hydrogen) atoms. The molecule has 0 saturated heterocycles. The summed E-state index contributed by atoms with van der Waals surface area (Å²) < 4.78 is 1.83. The summed E-state index contributed by atoms with van der Waals surface area (Å²) in [7, 11) is 1.93. The van der Waals surface area contributed by atoms with Gasteiger partial charge in [-0.15, -0.1) is 0 Å². The van der Waals surface area contributed by atoms with Gasteiger partial charge in [0.05, 0.1) is 6.04 Å².